The molecule has 0 heterocycles. The molecule has 0 bridgehead atoms. The summed E-state index contributed by atoms with van der Waals surface area (Å²) in [5.41, 5.74) is 6.36. The number of halogens is 2. The number of rotatable bonds is 7. The number of nitrogens with zero attached hydrogens (tertiary/aromatic N) is 1. The van der Waals surface area contributed by atoms with Crippen molar-refractivity contribution in [2.45, 2.75) is 13.8 Å². The van der Waals surface area contributed by atoms with Crippen LogP contribution in [0.15, 0.2) is 16.6 Å². The Kier molecular flexibility index (Phi) is 7.07. The number of hydrogen-bond acceptors (Lipinski definition) is 3. The van der Waals surface area contributed by atoms with E-state index in [0.717, 1.165) is 24.1 Å². The van der Waals surface area contributed by atoms with Gasteiger partial charge in [-0.2, -0.15) is 0 Å². The van der Waals surface area contributed by atoms with E-state index in [4.69, 9.17) is 34.3 Å². The molecule has 1 aromatic rings. The van der Waals surface area contributed by atoms with Gasteiger partial charge in [-0.25, -0.2) is 0 Å². The molecule has 0 atom stereocenters. The van der Waals surface area contributed by atoms with Gasteiger partial charge in [-0.1, -0.05) is 37.7 Å². The first-order valence-corrected chi connectivity index (χ1v) is 7.71. The third-order valence-corrected chi connectivity index (χ3v) is 3.85. The smallest absolute Gasteiger partial charge is 0.143 e. The second kappa shape index (κ2) is 8.04. The first kappa shape index (κ1) is 16.7. The Bertz CT molecular complexity index is 453. The first-order chi connectivity index (χ1) is 8.99. The van der Waals surface area contributed by atoms with Gasteiger partial charge in [0.1, 0.15) is 17.3 Å². The summed E-state index contributed by atoms with van der Waals surface area (Å²) >= 11 is 14.4. The van der Waals surface area contributed by atoms with Crippen molar-refractivity contribution < 1.29 is 4.74 Å². The van der Waals surface area contributed by atoms with E-state index in [1.165, 1.54) is 0 Å². The van der Waals surface area contributed by atoms with Crippen LogP contribution in [0.5, 0.6) is 5.75 Å². The molecule has 0 saturated heterocycles. The predicted octanol–water partition coefficient (Wildman–Crippen LogP) is 3.46. The van der Waals surface area contributed by atoms with E-state index >= 15 is 0 Å². The summed E-state index contributed by atoms with van der Waals surface area (Å²) in [4.78, 5) is 2.56. The maximum absolute atomic E-state index is 5.99. The van der Waals surface area contributed by atoms with Gasteiger partial charge in [0.15, 0.2) is 0 Å². The van der Waals surface area contributed by atoms with E-state index in [1.807, 2.05) is 0 Å². The molecular weight excluding hydrogens is 348 g/mol. The minimum Gasteiger partial charge on any atom is -0.490 e. The quantitative estimate of drug-likeness (QED) is 0.751. The second-order valence-electron chi connectivity index (χ2n) is 4.00. The van der Waals surface area contributed by atoms with E-state index in [1.54, 1.807) is 12.1 Å². The third kappa shape index (κ3) is 4.91. The zero-order valence-corrected chi connectivity index (χ0v) is 14.2. The summed E-state index contributed by atoms with van der Waals surface area (Å²) in [6.07, 6.45) is 0. The van der Waals surface area contributed by atoms with E-state index in [9.17, 15) is 0 Å². The highest BCUT2D eigenvalue weighted by atomic mass is 79.9. The average Bonchev–Trinajstić information content (AvgIpc) is 2.36. The predicted molar refractivity (Wildman–Crippen MR) is 88.3 cm³/mol. The van der Waals surface area contributed by atoms with Crippen molar-refractivity contribution in [1.82, 2.24) is 4.90 Å². The molecule has 106 valence electrons. The highest BCUT2D eigenvalue weighted by molar-refractivity contribution is 9.10. The molecule has 0 aliphatic heterocycles. The highest BCUT2D eigenvalue weighted by Gasteiger charge is 2.13. The van der Waals surface area contributed by atoms with Crippen LogP contribution in [0.2, 0.25) is 5.02 Å². The fraction of sp³-hybridized carbons (Fsp3) is 0.462. The van der Waals surface area contributed by atoms with E-state index in [-0.39, 0.29) is 4.99 Å². The van der Waals surface area contributed by atoms with Crippen molar-refractivity contribution in [3.8, 4) is 5.75 Å². The van der Waals surface area contributed by atoms with Crippen molar-refractivity contribution in [3.63, 3.8) is 0 Å². The Balaban J connectivity index is 2.80. The number of ether oxygens (including phenoxy) is 1. The highest BCUT2D eigenvalue weighted by Crippen LogP contribution is 2.32. The summed E-state index contributed by atoms with van der Waals surface area (Å²) in [5, 5.41) is 0.575. The molecule has 0 radical (unpaired) electrons. The number of likely N-dealkylation sites (N-methyl/N-ethyl adjacent to an activating group) is 1. The minimum atomic E-state index is 0.279. The molecule has 0 unspecified atom stereocenters. The maximum atomic E-state index is 5.99. The molecule has 2 N–H and O–H groups in total. The van der Waals surface area contributed by atoms with E-state index in [0.29, 0.717) is 22.9 Å². The molecule has 0 amide bonds. The summed E-state index contributed by atoms with van der Waals surface area (Å²) < 4.78 is 6.57. The van der Waals surface area contributed by atoms with Crippen LogP contribution in [0.3, 0.4) is 0 Å². The van der Waals surface area contributed by atoms with Gasteiger partial charge in [0.05, 0.1) is 10.0 Å². The van der Waals surface area contributed by atoms with Crippen molar-refractivity contribution in [2.75, 3.05) is 26.2 Å². The maximum Gasteiger partial charge on any atom is 0.143 e. The fourth-order valence-corrected chi connectivity index (χ4v) is 2.78. The van der Waals surface area contributed by atoms with Gasteiger partial charge in [0.25, 0.3) is 0 Å². The van der Waals surface area contributed by atoms with E-state index < -0.39 is 0 Å². The Morgan fingerprint density at radius 2 is 2.05 bits per heavy atom. The van der Waals surface area contributed by atoms with Gasteiger partial charge in [-0.05, 0) is 41.2 Å². The molecule has 0 fully saturated rings. The van der Waals surface area contributed by atoms with Crippen molar-refractivity contribution in [1.29, 1.82) is 0 Å². The zero-order chi connectivity index (χ0) is 14.4. The Labute approximate surface area is 133 Å². The summed E-state index contributed by atoms with van der Waals surface area (Å²) in [6.45, 7) is 7.70. The Morgan fingerprint density at radius 3 is 2.58 bits per heavy atom. The van der Waals surface area contributed by atoms with Crippen LogP contribution in [0.4, 0.5) is 0 Å². The molecule has 1 aromatic carbocycles. The molecule has 0 aliphatic carbocycles. The lowest BCUT2D eigenvalue weighted by Crippen LogP contribution is -2.28. The number of nitrogens with two attached hydrogens (primary N) is 1. The Morgan fingerprint density at radius 1 is 1.42 bits per heavy atom. The van der Waals surface area contributed by atoms with Gasteiger partial charge in [-0.3, -0.25) is 0 Å². The fourth-order valence-electron chi connectivity index (χ4n) is 1.71. The van der Waals surface area contributed by atoms with Gasteiger partial charge in [-0.15, -0.1) is 0 Å². The monoisotopic (exact) mass is 364 g/mol. The van der Waals surface area contributed by atoms with Gasteiger partial charge in [0, 0.05) is 11.6 Å². The van der Waals surface area contributed by atoms with Crippen LogP contribution >= 0.6 is 39.7 Å². The largest absolute Gasteiger partial charge is 0.490 e. The summed E-state index contributed by atoms with van der Waals surface area (Å²) in [6, 6.07) is 3.50. The normalized spacial score (nSPS) is 10.8. The van der Waals surface area contributed by atoms with Gasteiger partial charge >= 0.3 is 0 Å². The summed E-state index contributed by atoms with van der Waals surface area (Å²) in [7, 11) is 0. The number of benzene rings is 1. The van der Waals surface area contributed by atoms with Gasteiger partial charge in [0.2, 0.25) is 0 Å². The number of thiocarbonyl (C=S) groups is 1. The van der Waals surface area contributed by atoms with Crippen LogP contribution in [-0.4, -0.2) is 36.1 Å². The minimum absolute atomic E-state index is 0.279. The molecule has 0 spiro atoms. The molecule has 3 nitrogen and oxygen atoms in total. The number of hydrogen-bond donors (Lipinski definition) is 1. The standard InChI is InChI=1S/C13H18BrClN2OS/c1-3-17(4-2)5-6-18-12-10(13(16)19)7-9(15)8-11(12)14/h7-8H,3-6H2,1-2H3,(H2,16,19). The van der Waals surface area contributed by atoms with Crippen LogP contribution in [0, 0.1) is 0 Å². The van der Waals surface area contributed by atoms with Crippen molar-refractivity contribution in [3.05, 3.63) is 27.2 Å². The van der Waals surface area contributed by atoms with Crippen LogP contribution in [0.1, 0.15) is 19.4 Å². The van der Waals surface area contributed by atoms with Crippen molar-refractivity contribution in [2.24, 2.45) is 5.73 Å². The van der Waals surface area contributed by atoms with Crippen LogP contribution in [-0.2, 0) is 0 Å². The average molecular weight is 366 g/mol. The molecule has 1 rings (SSSR count). The second-order valence-corrected chi connectivity index (χ2v) is 5.73. The molecule has 0 aromatic heterocycles. The first-order valence-electron chi connectivity index (χ1n) is 6.13. The van der Waals surface area contributed by atoms with Crippen LogP contribution in [0.25, 0.3) is 0 Å². The lowest BCUT2D eigenvalue weighted by Gasteiger charge is -2.19. The zero-order valence-electron chi connectivity index (χ0n) is 11.1. The third-order valence-electron chi connectivity index (χ3n) is 2.82. The SMILES string of the molecule is CCN(CC)CCOc1c(Br)cc(Cl)cc1C(N)=S. The molecule has 0 saturated carbocycles. The molecule has 0 aliphatic rings. The lowest BCUT2D eigenvalue weighted by atomic mass is 10.2. The molecule has 19 heavy (non-hydrogen) atoms. The van der Waals surface area contributed by atoms with Crippen molar-refractivity contribution >= 4 is 44.7 Å². The summed E-state index contributed by atoms with van der Waals surface area (Å²) in [5.74, 6) is 0.657. The van der Waals surface area contributed by atoms with E-state index in [2.05, 4.69) is 34.7 Å². The lowest BCUT2D eigenvalue weighted by molar-refractivity contribution is 0.222. The topological polar surface area (TPSA) is 38.5 Å². The van der Waals surface area contributed by atoms with Crippen LogP contribution < -0.4 is 10.5 Å². The molecular formula is C13H18BrClN2OS. The van der Waals surface area contributed by atoms with Gasteiger partial charge < -0.3 is 15.4 Å². The molecule has 6 heteroatoms. The Hall–Kier alpha value is -0.360.